The minimum Gasteiger partial charge on any atom is -0.480 e. The van der Waals surface area contributed by atoms with Crippen molar-refractivity contribution in [3.05, 3.63) is 35.4 Å². The summed E-state index contributed by atoms with van der Waals surface area (Å²) in [7, 11) is 0. The molecule has 0 atom stereocenters. The van der Waals surface area contributed by atoms with Gasteiger partial charge in [-0.1, -0.05) is 12.1 Å². The summed E-state index contributed by atoms with van der Waals surface area (Å²) in [6, 6.07) is 5.48. The van der Waals surface area contributed by atoms with Crippen molar-refractivity contribution in [2.24, 2.45) is 0 Å². The SMILES string of the molecule is O=C(O)CN(CCN(CC(=O)O)CC(=O)O)CC(=O)O.O=C(O)c1ccccc1C(=O)O. The molecule has 6 N–H and O–H groups in total. The summed E-state index contributed by atoms with van der Waals surface area (Å²) in [6.07, 6.45) is 0. The molecule has 1 aromatic rings. The van der Waals surface area contributed by atoms with Gasteiger partial charge in [-0.05, 0) is 12.1 Å². The highest BCUT2D eigenvalue weighted by atomic mass is 16.4. The first kappa shape index (κ1) is 28.0. The Labute approximate surface area is 180 Å². The molecule has 176 valence electrons. The van der Waals surface area contributed by atoms with Crippen LogP contribution in [0.3, 0.4) is 0 Å². The van der Waals surface area contributed by atoms with Gasteiger partial charge in [0, 0.05) is 13.1 Å². The Kier molecular flexibility index (Phi) is 12.3. The molecule has 14 heteroatoms. The van der Waals surface area contributed by atoms with E-state index in [4.69, 9.17) is 30.6 Å². The van der Waals surface area contributed by atoms with Gasteiger partial charge in [-0.3, -0.25) is 29.0 Å². The third-order valence-corrected chi connectivity index (χ3v) is 3.56. The summed E-state index contributed by atoms with van der Waals surface area (Å²) in [5.41, 5.74) is -0.380. The standard InChI is InChI=1S/C10H16N2O8.C8H6O4/c13-7(14)3-11(4-8(15)16)1-2-12(5-9(17)18)6-10(19)20;9-7(10)5-3-1-2-4-6(5)8(11)12/h1-6H2,(H,13,14)(H,15,16)(H,17,18)(H,19,20);1-4H,(H,9,10)(H,11,12). The van der Waals surface area contributed by atoms with Crippen molar-refractivity contribution < 1.29 is 59.4 Å². The van der Waals surface area contributed by atoms with Gasteiger partial charge in [-0.15, -0.1) is 0 Å². The molecule has 14 nitrogen and oxygen atoms in total. The van der Waals surface area contributed by atoms with E-state index in [9.17, 15) is 28.8 Å². The molecule has 0 fully saturated rings. The van der Waals surface area contributed by atoms with E-state index in [0.29, 0.717) is 0 Å². The Bertz CT molecular complexity index is 753. The number of carboxylic acids is 6. The lowest BCUT2D eigenvalue weighted by Gasteiger charge is -2.23. The molecule has 0 saturated carbocycles. The fourth-order valence-electron chi connectivity index (χ4n) is 2.33. The lowest BCUT2D eigenvalue weighted by atomic mass is 10.1. The average molecular weight is 458 g/mol. The van der Waals surface area contributed by atoms with Crippen LogP contribution in [0.4, 0.5) is 0 Å². The normalized spacial score (nSPS) is 10.2. The number of benzene rings is 1. The lowest BCUT2D eigenvalue weighted by molar-refractivity contribution is -0.145. The van der Waals surface area contributed by atoms with Crippen LogP contribution in [-0.2, 0) is 19.2 Å². The van der Waals surface area contributed by atoms with Gasteiger partial charge in [-0.25, -0.2) is 9.59 Å². The van der Waals surface area contributed by atoms with Crippen LogP contribution in [0.5, 0.6) is 0 Å². The molecule has 0 bridgehead atoms. The molecule has 0 heterocycles. The molecule has 32 heavy (non-hydrogen) atoms. The molecule has 0 unspecified atom stereocenters. The second-order valence-corrected chi connectivity index (χ2v) is 6.15. The summed E-state index contributed by atoms with van der Waals surface area (Å²) >= 11 is 0. The van der Waals surface area contributed by atoms with E-state index in [2.05, 4.69) is 0 Å². The predicted molar refractivity (Wildman–Crippen MR) is 104 cm³/mol. The zero-order valence-electron chi connectivity index (χ0n) is 16.6. The highest BCUT2D eigenvalue weighted by Gasteiger charge is 2.18. The first-order valence-electron chi connectivity index (χ1n) is 8.71. The Morgan fingerprint density at radius 3 is 0.969 bits per heavy atom. The van der Waals surface area contributed by atoms with Gasteiger partial charge in [0.15, 0.2) is 0 Å². The second kappa shape index (κ2) is 14.1. The van der Waals surface area contributed by atoms with Crippen molar-refractivity contribution >= 4 is 35.8 Å². The number of aliphatic carboxylic acids is 4. The van der Waals surface area contributed by atoms with E-state index >= 15 is 0 Å². The van der Waals surface area contributed by atoms with Crippen LogP contribution in [0, 0.1) is 0 Å². The highest BCUT2D eigenvalue weighted by molar-refractivity contribution is 6.01. The maximum Gasteiger partial charge on any atom is 0.336 e. The summed E-state index contributed by atoms with van der Waals surface area (Å²) < 4.78 is 0. The molecule has 1 aromatic carbocycles. The van der Waals surface area contributed by atoms with Gasteiger partial charge in [-0.2, -0.15) is 0 Å². The van der Waals surface area contributed by atoms with Gasteiger partial charge < -0.3 is 30.6 Å². The predicted octanol–water partition coefficient (Wildman–Crippen LogP) is -0.988. The third-order valence-electron chi connectivity index (χ3n) is 3.56. The van der Waals surface area contributed by atoms with Crippen molar-refractivity contribution in [2.75, 3.05) is 39.3 Å². The lowest BCUT2D eigenvalue weighted by Crippen LogP contribution is -2.43. The first-order chi connectivity index (χ1) is 14.8. The van der Waals surface area contributed by atoms with Crippen LogP contribution in [-0.4, -0.2) is 116 Å². The fourth-order valence-corrected chi connectivity index (χ4v) is 2.33. The smallest absolute Gasteiger partial charge is 0.336 e. The Balaban J connectivity index is 0.000000677. The van der Waals surface area contributed by atoms with E-state index in [1.807, 2.05) is 0 Å². The van der Waals surface area contributed by atoms with Crippen molar-refractivity contribution in [3.8, 4) is 0 Å². The number of rotatable bonds is 13. The van der Waals surface area contributed by atoms with E-state index < -0.39 is 62.0 Å². The summed E-state index contributed by atoms with van der Waals surface area (Å²) in [4.78, 5) is 65.3. The van der Waals surface area contributed by atoms with Gasteiger partial charge in [0.25, 0.3) is 0 Å². The summed E-state index contributed by atoms with van der Waals surface area (Å²) in [6.45, 7) is -2.25. The quantitative estimate of drug-likeness (QED) is 0.208. The number of aromatic carboxylic acids is 2. The fraction of sp³-hybridized carbons (Fsp3) is 0.333. The minimum absolute atomic E-state index is 0.0703. The van der Waals surface area contributed by atoms with Crippen LogP contribution >= 0.6 is 0 Å². The molecule has 0 spiro atoms. The molecule has 1 rings (SSSR count). The van der Waals surface area contributed by atoms with Gasteiger partial charge in [0.1, 0.15) is 0 Å². The summed E-state index contributed by atoms with van der Waals surface area (Å²) in [5.74, 6) is -7.37. The zero-order valence-corrected chi connectivity index (χ0v) is 16.6. The third kappa shape index (κ3) is 12.5. The van der Waals surface area contributed by atoms with Gasteiger partial charge in [0.05, 0.1) is 37.3 Å². The van der Waals surface area contributed by atoms with Crippen LogP contribution in [0.2, 0.25) is 0 Å². The monoisotopic (exact) mass is 458 g/mol. The van der Waals surface area contributed by atoms with E-state index in [1.165, 1.54) is 24.3 Å². The van der Waals surface area contributed by atoms with Crippen LogP contribution in [0.15, 0.2) is 24.3 Å². The molecular weight excluding hydrogens is 436 g/mol. The Morgan fingerprint density at radius 2 is 0.781 bits per heavy atom. The van der Waals surface area contributed by atoms with Crippen LogP contribution in [0.25, 0.3) is 0 Å². The van der Waals surface area contributed by atoms with Crippen LogP contribution < -0.4 is 0 Å². The Hall–Kier alpha value is -4.04. The van der Waals surface area contributed by atoms with E-state index in [0.717, 1.165) is 9.80 Å². The van der Waals surface area contributed by atoms with E-state index in [1.54, 1.807) is 0 Å². The molecule has 0 aliphatic carbocycles. The van der Waals surface area contributed by atoms with Crippen molar-refractivity contribution in [1.82, 2.24) is 9.80 Å². The van der Waals surface area contributed by atoms with Crippen LogP contribution in [0.1, 0.15) is 20.7 Å². The number of hydrogen-bond acceptors (Lipinski definition) is 8. The summed E-state index contributed by atoms with van der Waals surface area (Å²) in [5, 5.41) is 51.6. The maximum absolute atomic E-state index is 10.6. The topological polar surface area (TPSA) is 230 Å². The molecule has 0 aliphatic heterocycles. The second-order valence-electron chi connectivity index (χ2n) is 6.15. The van der Waals surface area contributed by atoms with Crippen molar-refractivity contribution in [3.63, 3.8) is 0 Å². The largest absolute Gasteiger partial charge is 0.480 e. The molecule has 0 amide bonds. The highest BCUT2D eigenvalue weighted by Crippen LogP contribution is 2.07. The molecule has 0 aromatic heterocycles. The van der Waals surface area contributed by atoms with E-state index in [-0.39, 0.29) is 24.2 Å². The first-order valence-corrected chi connectivity index (χ1v) is 8.71. The van der Waals surface area contributed by atoms with Gasteiger partial charge in [0.2, 0.25) is 0 Å². The molecular formula is C18H22N2O12. The number of carbonyl (C=O) groups is 6. The minimum atomic E-state index is -1.23. The van der Waals surface area contributed by atoms with Crippen molar-refractivity contribution in [2.45, 2.75) is 0 Å². The number of carboxylic acid groups (broad SMARTS) is 6. The number of hydrogen-bond donors (Lipinski definition) is 6. The maximum atomic E-state index is 10.6. The zero-order chi connectivity index (χ0) is 24.8. The molecule has 0 radical (unpaired) electrons. The molecule has 0 aliphatic rings. The number of nitrogens with zero attached hydrogens (tertiary/aromatic N) is 2. The average Bonchev–Trinajstić information content (AvgIpc) is 2.64. The molecule has 0 saturated heterocycles. The van der Waals surface area contributed by atoms with Gasteiger partial charge >= 0.3 is 35.8 Å². The van der Waals surface area contributed by atoms with Crippen molar-refractivity contribution in [1.29, 1.82) is 0 Å². The Morgan fingerprint density at radius 1 is 0.531 bits per heavy atom.